The van der Waals surface area contributed by atoms with Crippen LogP contribution in [0.5, 0.6) is 0 Å². The van der Waals surface area contributed by atoms with Crippen molar-refractivity contribution in [2.75, 3.05) is 6.61 Å². The average Bonchev–Trinajstić information content (AvgIpc) is 3.16. The van der Waals surface area contributed by atoms with Crippen LogP contribution in [0.4, 0.5) is 0 Å². The van der Waals surface area contributed by atoms with Gasteiger partial charge in [0.05, 0.1) is 11.0 Å². The SMILES string of the molecule is c1ccc(Cn2c([C@H]3CCCO3)nc3ccccc32)cc1. The van der Waals surface area contributed by atoms with Crippen molar-refractivity contribution in [2.24, 2.45) is 0 Å². The molecule has 0 saturated carbocycles. The van der Waals surface area contributed by atoms with Crippen molar-refractivity contribution in [3.05, 3.63) is 66.0 Å². The third kappa shape index (κ3) is 2.34. The second kappa shape index (κ2) is 5.34. The van der Waals surface area contributed by atoms with Crippen molar-refractivity contribution in [3.8, 4) is 0 Å². The van der Waals surface area contributed by atoms with Crippen LogP contribution in [0, 0.1) is 0 Å². The van der Waals surface area contributed by atoms with Crippen LogP contribution in [0.1, 0.15) is 30.3 Å². The molecule has 0 N–H and O–H groups in total. The van der Waals surface area contributed by atoms with Crippen molar-refractivity contribution in [2.45, 2.75) is 25.5 Å². The Kier molecular flexibility index (Phi) is 3.20. The van der Waals surface area contributed by atoms with E-state index in [-0.39, 0.29) is 6.10 Å². The molecule has 1 atom stereocenters. The number of para-hydroxylation sites is 2. The quantitative estimate of drug-likeness (QED) is 0.725. The van der Waals surface area contributed by atoms with E-state index in [1.54, 1.807) is 0 Å². The monoisotopic (exact) mass is 278 g/mol. The lowest BCUT2D eigenvalue weighted by atomic mass is 10.2. The second-order valence-corrected chi connectivity index (χ2v) is 5.53. The van der Waals surface area contributed by atoms with Crippen LogP contribution in [0.2, 0.25) is 0 Å². The van der Waals surface area contributed by atoms with Gasteiger partial charge in [0, 0.05) is 13.2 Å². The first kappa shape index (κ1) is 12.6. The lowest BCUT2D eigenvalue weighted by molar-refractivity contribution is 0.103. The van der Waals surface area contributed by atoms with E-state index in [2.05, 4.69) is 53.1 Å². The van der Waals surface area contributed by atoms with Crippen LogP contribution >= 0.6 is 0 Å². The van der Waals surface area contributed by atoms with Gasteiger partial charge in [-0.2, -0.15) is 0 Å². The molecule has 1 aromatic heterocycles. The number of aromatic nitrogens is 2. The first-order chi connectivity index (χ1) is 10.4. The normalized spacial score (nSPS) is 18.4. The molecule has 1 aliphatic heterocycles. The van der Waals surface area contributed by atoms with Crippen LogP contribution in [-0.4, -0.2) is 16.2 Å². The summed E-state index contributed by atoms with van der Waals surface area (Å²) in [5, 5.41) is 0. The Bertz CT molecular complexity index is 742. The van der Waals surface area contributed by atoms with E-state index in [9.17, 15) is 0 Å². The first-order valence-corrected chi connectivity index (χ1v) is 7.52. The summed E-state index contributed by atoms with van der Waals surface area (Å²) in [6.07, 6.45) is 2.33. The fourth-order valence-corrected chi connectivity index (χ4v) is 3.05. The van der Waals surface area contributed by atoms with E-state index in [0.29, 0.717) is 0 Å². The highest BCUT2D eigenvalue weighted by Crippen LogP contribution is 2.31. The lowest BCUT2D eigenvalue weighted by Crippen LogP contribution is -2.09. The minimum absolute atomic E-state index is 0.140. The number of hydrogen-bond acceptors (Lipinski definition) is 2. The summed E-state index contributed by atoms with van der Waals surface area (Å²) in [5.41, 5.74) is 3.53. The number of nitrogens with zero attached hydrogens (tertiary/aromatic N) is 2. The van der Waals surface area contributed by atoms with Gasteiger partial charge in [0.25, 0.3) is 0 Å². The standard InChI is InChI=1S/C18H18N2O/c1-2-7-14(8-3-1)13-20-16-10-5-4-9-15(16)19-18(20)17-11-6-12-21-17/h1-5,7-10,17H,6,11-13H2/t17-/m1/s1. The number of imidazole rings is 1. The van der Waals surface area contributed by atoms with E-state index in [4.69, 9.17) is 9.72 Å². The van der Waals surface area contributed by atoms with Gasteiger partial charge in [-0.25, -0.2) is 4.98 Å². The first-order valence-electron chi connectivity index (χ1n) is 7.52. The van der Waals surface area contributed by atoms with Gasteiger partial charge in [0.15, 0.2) is 0 Å². The summed E-state index contributed by atoms with van der Waals surface area (Å²) >= 11 is 0. The highest BCUT2D eigenvalue weighted by atomic mass is 16.5. The Morgan fingerprint density at radius 3 is 2.67 bits per heavy atom. The highest BCUT2D eigenvalue weighted by Gasteiger charge is 2.24. The van der Waals surface area contributed by atoms with E-state index >= 15 is 0 Å². The van der Waals surface area contributed by atoms with E-state index in [1.165, 1.54) is 11.1 Å². The van der Waals surface area contributed by atoms with Crippen LogP contribution < -0.4 is 0 Å². The second-order valence-electron chi connectivity index (χ2n) is 5.53. The Morgan fingerprint density at radius 2 is 1.86 bits per heavy atom. The van der Waals surface area contributed by atoms with Crippen molar-refractivity contribution < 1.29 is 4.74 Å². The zero-order valence-corrected chi connectivity index (χ0v) is 11.9. The minimum atomic E-state index is 0.140. The molecule has 2 aromatic carbocycles. The molecule has 1 fully saturated rings. The molecule has 1 aliphatic rings. The topological polar surface area (TPSA) is 27.1 Å². The van der Waals surface area contributed by atoms with Crippen molar-refractivity contribution in [3.63, 3.8) is 0 Å². The van der Waals surface area contributed by atoms with Gasteiger partial charge >= 0.3 is 0 Å². The van der Waals surface area contributed by atoms with Gasteiger partial charge in [-0.15, -0.1) is 0 Å². The molecular formula is C18H18N2O. The van der Waals surface area contributed by atoms with Gasteiger partial charge in [-0.3, -0.25) is 0 Å². The molecule has 3 heteroatoms. The molecule has 106 valence electrons. The summed E-state index contributed by atoms with van der Waals surface area (Å²) in [6, 6.07) is 18.9. The molecule has 1 saturated heterocycles. The van der Waals surface area contributed by atoms with Crippen LogP contribution in [0.15, 0.2) is 54.6 Å². The molecule has 0 amide bonds. The molecule has 2 heterocycles. The van der Waals surface area contributed by atoms with Crippen LogP contribution in [0.25, 0.3) is 11.0 Å². The van der Waals surface area contributed by atoms with Crippen molar-refractivity contribution >= 4 is 11.0 Å². The van der Waals surface area contributed by atoms with E-state index in [1.807, 2.05) is 6.07 Å². The maximum atomic E-state index is 5.86. The number of rotatable bonds is 3. The summed E-state index contributed by atoms with van der Waals surface area (Å²) in [6.45, 7) is 1.69. The zero-order chi connectivity index (χ0) is 14.1. The smallest absolute Gasteiger partial charge is 0.139 e. The summed E-state index contributed by atoms with van der Waals surface area (Å²) in [7, 11) is 0. The highest BCUT2D eigenvalue weighted by molar-refractivity contribution is 5.76. The Labute approximate surface area is 124 Å². The molecule has 0 radical (unpaired) electrons. The molecule has 4 rings (SSSR count). The predicted octanol–water partition coefficient (Wildman–Crippen LogP) is 3.94. The summed E-state index contributed by atoms with van der Waals surface area (Å²) in [5.74, 6) is 1.07. The molecule has 0 aliphatic carbocycles. The average molecular weight is 278 g/mol. The molecule has 21 heavy (non-hydrogen) atoms. The Balaban J connectivity index is 1.82. The van der Waals surface area contributed by atoms with Crippen LogP contribution in [0.3, 0.4) is 0 Å². The molecule has 0 spiro atoms. The van der Waals surface area contributed by atoms with Crippen LogP contribution in [-0.2, 0) is 11.3 Å². The minimum Gasteiger partial charge on any atom is -0.370 e. The lowest BCUT2D eigenvalue weighted by Gasteiger charge is -2.13. The molecule has 0 unspecified atom stereocenters. The predicted molar refractivity (Wildman–Crippen MR) is 83.2 cm³/mol. The molecule has 3 aromatic rings. The molecular weight excluding hydrogens is 260 g/mol. The maximum absolute atomic E-state index is 5.86. The Hall–Kier alpha value is -2.13. The summed E-state index contributed by atoms with van der Waals surface area (Å²) in [4.78, 5) is 4.83. The number of fused-ring (bicyclic) bond motifs is 1. The molecule has 3 nitrogen and oxygen atoms in total. The Morgan fingerprint density at radius 1 is 1.05 bits per heavy atom. The van der Waals surface area contributed by atoms with Gasteiger partial charge in [-0.05, 0) is 30.5 Å². The fourth-order valence-electron chi connectivity index (χ4n) is 3.05. The van der Waals surface area contributed by atoms with Crippen molar-refractivity contribution in [1.82, 2.24) is 9.55 Å². The largest absolute Gasteiger partial charge is 0.370 e. The van der Waals surface area contributed by atoms with Gasteiger partial charge < -0.3 is 9.30 Å². The zero-order valence-electron chi connectivity index (χ0n) is 11.9. The third-order valence-electron chi connectivity index (χ3n) is 4.09. The third-order valence-corrected chi connectivity index (χ3v) is 4.09. The van der Waals surface area contributed by atoms with E-state index in [0.717, 1.165) is 37.3 Å². The molecule has 0 bridgehead atoms. The van der Waals surface area contributed by atoms with E-state index < -0.39 is 0 Å². The van der Waals surface area contributed by atoms with Gasteiger partial charge in [-0.1, -0.05) is 42.5 Å². The van der Waals surface area contributed by atoms with Gasteiger partial charge in [0.2, 0.25) is 0 Å². The fraction of sp³-hybridized carbons (Fsp3) is 0.278. The summed E-state index contributed by atoms with van der Waals surface area (Å²) < 4.78 is 8.17. The van der Waals surface area contributed by atoms with Gasteiger partial charge in [0.1, 0.15) is 11.9 Å². The van der Waals surface area contributed by atoms with Crippen molar-refractivity contribution in [1.29, 1.82) is 0 Å². The number of hydrogen-bond donors (Lipinski definition) is 0. The number of ether oxygens (including phenoxy) is 1. The maximum Gasteiger partial charge on any atom is 0.139 e. The number of benzene rings is 2.